The number of hydrogen-bond donors (Lipinski definition) is 0. The van der Waals surface area contributed by atoms with Crippen molar-refractivity contribution in [2.75, 3.05) is 0 Å². The minimum Gasteiger partial charge on any atom is -0.239 e. The number of aromatic nitrogens is 4. The summed E-state index contributed by atoms with van der Waals surface area (Å²) in [6, 6.07) is 85.8. The number of benzene rings is 8. The Morgan fingerprint density at radius 1 is 0.300 bits per heavy atom. The Bertz CT molecular complexity index is 2820. The lowest BCUT2D eigenvalue weighted by molar-refractivity contribution is 0.869. The van der Waals surface area contributed by atoms with Crippen LogP contribution in [-0.4, -0.2) is 35.7 Å². The molecule has 10 aromatic rings. The lowest BCUT2D eigenvalue weighted by Crippen LogP contribution is -2.78. The molecule has 2 heterocycles. The predicted octanol–water partition coefficient (Wildman–Crippen LogP) is 6.48. The van der Waals surface area contributed by atoms with Crippen molar-refractivity contribution in [3.8, 4) is 22.5 Å². The number of rotatable bonds is 11. The first kappa shape index (κ1) is 36.9. The maximum absolute atomic E-state index is 4.86. The standard InChI is InChI=1S/C54H42N4Si2/c1-7-21-43(22-8-1)44-37-53(59(47-24-9-2-10-25-47,48-26-11-3-12-27-48)49-28-13-4-14-29-49)40-54(38-44)60(50-30-15-5-16-31-50,51-32-17-6-18-33-51)52-34-19-23-45(39-52)58-42-46(41-56-58)57-36-20-35-55-57/h1-42H. The van der Waals surface area contributed by atoms with E-state index in [4.69, 9.17) is 5.10 Å². The molecule has 0 saturated carbocycles. The van der Waals surface area contributed by atoms with Gasteiger partial charge in [0.1, 0.15) is 5.69 Å². The van der Waals surface area contributed by atoms with Crippen LogP contribution in [0.25, 0.3) is 22.5 Å². The molecule has 0 atom stereocenters. The van der Waals surface area contributed by atoms with Crippen LogP contribution in [0.15, 0.2) is 255 Å². The van der Waals surface area contributed by atoms with Gasteiger partial charge in [-0.1, -0.05) is 212 Å². The Hall–Kier alpha value is -7.39. The first-order chi connectivity index (χ1) is 29.7. The fourth-order valence-corrected chi connectivity index (χ4v) is 19.0. The minimum absolute atomic E-state index is 0.907. The normalized spacial score (nSPS) is 11.7. The average Bonchev–Trinajstić information content (AvgIpc) is 4.06. The van der Waals surface area contributed by atoms with E-state index in [1.54, 1.807) is 6.20 Å². The zero-order chi connectivity index (χ0) is 40.2. The van der Waals surface area contributed by atoms with Gasteiger partial charge in [0.15, 0.2) is 16.1 Å². The molecular formula is C54H42N4Si2. The smallest absolute Gasteiger partial charge is 0.179 e. The maximum Gasteiger partial charge on any atom is 0.179 e. The van der Waals surface area contributed by atoms with Crippen molar-refractivity contribution in [3.05, 3.63) is 255 Å². The first-order valence-electron chi connectivity index (χ1n) is 20.4. The van der Waals surface area contributed by atoms with E-state index in [2.05, 4.69) is 230 Å². The van der Waals surface area contributed by atoms with Gasteiger partial charge in [0.05, 0.1) is 18.1 Å². The highest BCUT2D eigenvalue weighted by molar-refractivity contribution is 7.22. The van der Waals surface area contributed by atoms with Gasteiger partial charge in [0, 0.05) is 12.4 Å². The van der Waals surface area contributed by atoms with E-state index < -0.39 is 16.1 Å². The Morgan fingerprint density at radius 3 is 1.18 bits per heavy atom. The number of hydrogen-bond acceptors (Lipinski definition) is 2. The minimum atomic E-state index is -3.12. The topological polar surface area (TPSA) is 35.6 Å². The molecule has 6 heteroatoms. The zero-order valence-corrected chi connectivity index (χ0v) is 35.0. The van der Waals surface area contributed by atoms with E-state index in [0.717, 1.165) is 11.4 Å². The molecule has 2 aromatic heterocycles. The van der Waals surface area contributed by atoms with Crippen molar-refractivity contribution in [1.82, 2.24) is 19.6 Å². The quantitative estimate of drug-likeness (QED) is 0.111. The second-order valence-electron chi connectivity index (χ2n) is 15.1. The van der Waals surface area contributed by atoms with Crippen molar-refractivity contribution in [2.24, 2.45) is 0 Å². The van der Waals surface area contributed by atoms with Crippen LogP contribution in [0.5, 0.6) is 0 Å². The highest BCUT2D eigenvalue weighted by Gasteiger charge is 2.46. The molecule has 0 amide bonds. The first-order valence-corrected chi connectivity index (χ1v) is 24.4. The third-order valence-corrected chi connectivity index (χ3v) is 21.3. The summed E-state index contributed by atoms with van der Waals surface area (Å²) in [6.07, 6.45) is 7.66. The van der Waals surface area contributed by atoms with E-state index in [0.29, 0.717) is 0 Å². The van der Waals surface area contributed by atoms with Crippen molar-refractivity contribution in [1.29, 1.82) is 0 Å². The molecule has 0 fully saturated rings. The van der Waals surface area contributed by atoms with Crippen molar-refractivity contribution >= 4 is 57.6 Å². The Morgan fingerprint density at radius 2 is 0.733 bits per heavy atom. The van der Waals surface area contributed by atoms with Crippen LogP contribution >= 0.6 is 0 Å². The lowest BCUT2D eigenvalue weighted by Gasteiger charge is -2.38. The van der Waals surface area contributed by atoms with Crippen LogP contribution in [0.1, 0.15) is 0 Å². The molecule has 0 radical (unpaired) electrons. The Balaban J connectivity index is 1.34. The van der Waals surface area contributed by atoms with E-state index in [-0.39, 0.29) is 0 Å². The molecule has 0 aliphatic carbocycles. The molecule has 0 spiro atoms. The maximum atomic E-state index is 4.86. The molecule has 0 aliphatic heterocycles. The van der Waals surface area contributed by atoms with Gasteiger partial charge in [-0.2, -0.15) is 10.2 Å². The van der Waals surface area contributed by atoms with Gasteiger partial charge in [0.2, 0.25) is 0 Å². The summed E-state index contributed by atoms with van der Waals surface area (Å²) in [5, 5.41) is 19.9. The third kappa shape index (κ3) is 6.48. The van der Waals surface area contributed by atoms with Gasteiger partial charge in [-0.05, 0) is 70.8 Å². The second-order valence-corrected chi connectivity index (χ2v) is 22.8. The summed E-state index contributed by atoms with van der Waals surface area (Å²) in [6.45, 7) is 0. The van der Waals surface area contributed by atoms with Crippen LogP contribution in [0.3, 0.4) is 0 Å². The fourth-order valence-electron chi connectivity index (χ4n) is 9.17. The van der Waals surface area contributed by atoms with Crippen molar-refractivity contribution in [3.63, 3.8) is 0 Å². The van der Waals surface area contributed by atoms with E-state index in [1.165, 1.54) is 52.6 Å². The molecule has 8 aromatic carbocycles. The van der Waals surface area contributed by atoms with E-state index in [9.17, 15) is 0 Å². The van der Waals surface area contributed by atoms with Gasteiger partial charge in [-0.15, -0.1) is 0 Å². The second kappa shape index (κ2) is 16.1. The van der Waals surface area contributed by atoms with Crippen LogP contribution in [0.4, 0.5) is 0 Å². The van der Waals surface area contributed by atoms with E-state index >= 15 is 0 Å². The third-order valence-electron chi connectivity index (χ3n) is 11.8. The summed E-state index contributed by atoms with van der Waals surface area (Å²) in [5.74, 6) is 0. The Kier molecular flexibility index (Phi) is 9.91. The molecule has 10 rings (SSSR count). The summed E-state index contributed by atoms with van der Waals surface area (Å²) in [7, 11) is -6.09. The average molecular weight is 803 g/mol. The van der Waals surface area contributed by atoms with Gasteiger partial charge in [-0.3, -0.25) is 0 Å². The van der Waals surface area contributed by atoms with Gasteiger partial charge in [-0.25, -0.2) is 9.36 Å². The molecular weight excluding hydrogens is 761 g/mol. The van der Waals surface area contributed by atoms with Gasteiger partial charge < -0.3 is 0 Å². The SMILES string of the molecule is c1ccc(-c2cc([Si](c3ccccc3)(c3ccccc3)c3ccccc3)cc([Si](c3ccccc3)(c3ccccc3)c3cccc(-n4cc(-n5cccn5)cn4)c3)c2)cc1. The lowest BCUT2D eigenvalue weighted by atomic mass is 10.1. The molecule has 0 N–H and O–H groups in total. The molecule has 0 unspecified atom stereocenters. The molecule has 4 nitrogen and oxygen atoms in total. The largest absolute Gasteiger partial charge is 0.239 e. The summed E-state index contributed by atoms with van der Waals surface area (Å²) < 4.78 is 3.82. The molecule has 0 bridgehead atoms. The number of nitrogens with zero attached hydrogens (tertiary/aromatic N) is 4. The highest BCUT2D eigenvalue weighted by Crippen LogP contribution is 2.22. The van der Waals surface area contributed by atoms with Crippen molar-refractivity contribution in [2.45, 2.75) is 0 Å². The summed E-state index contributed by atoms with van der Waals surface area (Å²) in [5.41, 5.74) is 4.30. The van der Waals surface area contributed by atoms with Gasteiger partial charge in [0.25, 0.3) is 0 Å². The molecule has 60 heavy (non-hydrogen) atoms. The van der Waals surface area contributed by atoms with Gasteiger partial charge >= 0.3 is 0 Å². The van der Waals surface area contributed by atoms with Crippen LogP contribution in [-0.2, 0) is 0 Å². The molecule has 0 aliphatic rings. The summed E-state index contributed by atoms with van der Waals surface area (Å²) >= 11 is 0. The molecule has 0 saturated heterocycles. The monoisotopic (exact) mass is 802 g/mol. The van der Waals surface area contributed by atoms with Crippen LogP contribution in [0.2, 0.25) is 0 Å². The summed E-state index contributed by atoms with van der Waals surface area (Å²) in [4.78, 5) is 0. The van der Waals surface area contributed by atoms with Crippen LogP contribution < -0.4 is 41.5 Å². The predicted molar refractivity (Wildman–Crippen MR) is 253 cm³/mol. The Labute approximate surface area is 353 Å². The zero-order valence-electron chi connectivity index (χ0n) is 33.0. The molecule has 286 valence electrons. The fraction of sp³-hybridized carbons (Fsp3) is 0. The highest BCUT2D eigenvalue weighted by atomic mass is 28.3. The van der Waals surface area contributed by atoms with Crippen molar-refractivity contribution < 1.29 is 0 Å². The van der Waals surface area contributed by atoms with Crippen LogP contribution in [0, 0.1) is 0 Å². The van der Waals surface area contributed by atoms with E-state index in [1.807, 2.05) is 34.0 Å².